The summed E-state index contributed by atoms with van der Waals surface area (Å²) < 4.78 is 7.75. The van der Waals surface area contributed by atoms with Crippen LogP contribution in [0.15, 0.2) is 42.5 Å². The molecular formula is C18H21N5O. The van der Waals surface area contributed by atoms with Crippen LogP contribution in [0.25, 0.3) is 17.0 Å². The van der Waals surface area contributed by atoms with Crippen molar-refractivity contribution in [1.82, 2.24) is 19.8 Å². The number of rotatable bonds is 3. The topological polar surface area (TPSA) is 55.6 Å². The third-order valence-electron chi connectivity index (χ3n) is 4.69. The van der Waals surface area contributed by atoms with Crippen molar-refractivity contribution in [3.8, 4) is 11.4 Å². The average molecular weight is 323 g/mol. The molecule has 0 N–H and O–H groups in total. The van der Waals surface area contributed by atoms with Crippen molar-refractivity contribution in [3.63, 3.8) is 0 Å². The highest BCUT2D eigenvalue weighted by Crippen LogP contribution is 2.25. The van der Waals surface area contributed by atoms with Gasteiger partial charge in [0, 0.05) is 18.7 Å². The molecule has 24 heavy (non-hydrogen) atoms. The molecule has 4 rings (SSSR count). The van der Waals surface area contributed by atoms with E-state index in [-0.39, 0.29) is 5.60 Å². The molecule has 3 aromatic rings. The Hall–Kier alpha value is -2.47. The van der Waals surface area contributed by atoms with E-state index in [9.17, 15) is 0 Å². The molecule has 0 spiro atoms. The van der Waals surface area contributed by atoms with Gasteiger partial charge < -0.3 is 9.64 Å². The molecule has 124 valence electrons. The Morgan fingerprint density at radius 1 is 1.12 bits per heavy atom. The summed E-state index contributed by atoms with van der Waals surface area (Å²) in [6.07, 6.45) is 0.980. The van der Waals surface area contributed by atoms with Crippen molar-refractivity contribution in [3.05, 3.63) is 42.5 Å². The fourth-order valence-electron chi connectivity index (χ4n) is 3.06. The smallest absolute Gasteiger partial charge is 0.185 e. The zero-order valence-electron chi connectivity index (χ0n) is 14.0. The summed E-state index contributed by atoms with van der Waals surface area (Å²) in [4.78, 5) is 2.28. The number of nitrogens with zero attached hydrogens (tertiary/aromatic N) is 5. The number of aromatic nitrogens is 4. The molecule has 0 saturated carbocycles. The second-order valence-electron chi connectivity index (χ2n) is 6.42. The summed E-state index contributed by atoms with van der Waals surface area (Å²) in [5, 5.41) is 13.3. The summed E-state index contributed by atoms with van der Waals surface area (Å²) in [6.45, 7) is 6.72. The maximum atomic E-state index is 5.93. The fourth-order valence-corrected chi connectivity index (χ4v) is 3.06. The van der Waals surface area contributed by atoms with E-state index in [1.165, 1.54) is 0 Å². The summed E-state index contributed by atoms with van der Waals surface area (Å²) in [7, 11) is 0. The highest BCUT2D eigenvalue weighted by Gasteiger charge is 2.31. The van der Waals surface area contributed by atoms with Crippen molar-refractivity contribution in [2.75, 3.05) is 24.6 Å². The average Bonchev–Trinajstić information content (AvgIpc) is 3.06. The first-order valence-corrected chi connectivity index (χ1v) is 8.35. The second kappa shape index (κ2) is 5.87. The lowest BCUT2D eigenvalue weighted by Crippen LogP contribution is -2.50. The van der Waals surface area contributed by atoms with Gasteiger partial charge in [0.25, 0.3) is 0 Å². The molecule has 0 aliphatic carbocycles. The quantitative estimate of drug-likeness (QED) is 0.742. The Balaban J connectivity index is 1.73. The van der Waals surface area contributed by atoms with Gasteiger partial charge in [-0.1, -0.05) is 37.3 Å². The maximum Gasteiger partial charge on any atom is 0.185 e. The van der Waals surface area contributed by atoms with Crippen LogP contribution in [0.1, 0.15) is 20.3 Å². The second-order valence-corrected chi connectivity index (χ2v) is 6.42. The van der Waals surface area contributed by atoms with Crippen molar-refractivity contribution >= 4 is 11.5 Å². The van der Waals surface area contributed by atoms with Gasteiger partial charge >= 0.3 is 0 Å². The Labute approximate surface area is 141 Å². The molecule has 6 nitrogen and oxygen atoms in total. The van der Waals surface area contributed by atoms with Crippen LogP contribution in [0.3, 0.4) is 0 Å². The van der Waals surface area contributed by atoms with Crippen LogP contribution in [0.4, 0.5) is 5.82 Å². The molecule has 1 aromatic carbocycles. The molecule has 0 bridgehead atoms. The fraction of sp³-hybridized carbons (Fsp3) is 0.389. The minimum Gasteiger partial charge on any atom is -0.372 e. The van der Waals surface area contributed by atoms with E-state index in [4.69, 9.17) is 9.84 Å². The lowest BCUT2D eigenvalue weighted by molar-refractivity contribution is -0.0443. The van der Waals surface area contributed by atoms with E-state index >= 15 is 0 Å². The zero-order valence-corrected chi connectivity index (χ0v) is 14.0. The van der Waals surface area contributed by atoms with Crippen molar-refractivity contribution in [1.29, 1.82) is 0 Å². The van der Waals surface area contributed by atoms with Gasteiger partial charge in [0.1, 0.15) is 5.82 Å². The standard InChI is InChI=1S/C18H21N5O/c1-3-18(2)13-22(11-12-24-18)16-10-9-15-19-20-17(23(15)21-16)14-7-5-4-6-8-14/h4-10H,3,11-13H2,1-2H3. The molecule has 2 aromatic heterocycles. The van der Waals surface area contributed by atoms with E-state index < -0.39 is 0 Å². The molecule has 3 heterocycles. The Morgan fingerprint density at radius 3 is 2.75 bits per heavy atom. The van der Waals surface area contributed by atoms with E-state index in [2.05, 4.69) is 28.9 Å². The largest absolute Gasteiger partial charge is 0.372 e. The number of fused-ring (bicyclic) bond motifs is 1. The number of morpholine rings is 1. The zero-order chi connectivity index (χ0) is 16.6. The Kier molecular flexibility index (Phi) is 3.69. The van der Waals surface area contributed by atoms with Crippen LogP contribution < -0.4 is 4.90 Å². The summed E-state index contributed by atoms with van der Waals surface area (Å²) >= 11 is 0. The van der Waals surface area contributed by atoms with Crippen LogP contribution in [-0.4, -0.2) is 45.1 Å². The maximum absolute atomic E-state index is 5.93. The summed E-state index contributed by atoms with van der Waals surface area (Å²) in [5.41, 5.74) is 1.64. The van der Waals surface area contributed by atoms with Crippen LogP contribution in [0.2, 0.25) is 0 Å². The third kappa shape index (κ3) is 2.63. The van der Waals surface area contributed by atoms with E-state index in [0.29, 0.717) is 0 Å². The first kappa shape index (κ1) is 15.1. The van der Waals surface area contributed by atoms with Gasteiger partial charge in [-0.05, 0) is 25.5 Å². The summed E-state index contributed by atoms with van der Waals surface area (Å²) in [6, 6.07) is 14.0. The first-order valence-electron chi connectivity index (χ1n) is 8.35. The molecular weight excluding hydrogens is 302 g/mol. The van der Waals surface area contributed by atoms with Gasteiger partial charge in [-0.15, -0.1) is 15.3 Å². The van der Waals surface area contributed by atoms with Crippen LogP contribution in [0.5, 0.6) is 0 Å². The Bertz CT molecular complexity index is 847. The molecule has 1 aliphatic rings. The van der Waals surface area contributed by atoms with Crippen LogP contribution in [-0.2, 0) is 4.74 Å². The van der Waals surface area contributed by atoms with Crippen molar-refractivity contribution < 1.29 is 4.74 Å². The summed E-state index contributed by atoms with van der Waals surface area (Å²) in [5.74, 6) is 1.70. The highest BCUT2D eigenvalue weighted by atomic mass is 16.5. The number of benzene rings is 1. The predicted octanol–water partition coefficient (Wildman–Crippen LogP) is 2.80. The SMILES string of the molecule is CCC1(C)CN(c2ccc3nnc(-c4ccccc4)n3n2)CCO1. The third-order valence-corrected chi connectivity index (χ3v) is 4.69. The number of hydrogen-bond donors (Lipinski definition) is 0. The van der Waals surface area contributed by atoms with Gasteiger partial charge in [-0.3, -0.25) is 0 Å². The van der Waals surface area contributed by atoms with Gasteiger partial charge in [0.2, 0.25) is 0 Å². The molecule has 1 atom stereocenters. The number of hydrogen-bond acceptors (Lipinski definition) is 5. The number of ether oxygens (including phenoxy) is 1. The molecule has 1 aliphatic heterocycles. The highest BCUT2D eigenvalue weighted by molar-refractivity contribution is 5.59. The lowest BCUT2D eigenvalue weighted by Gasteiger charge is -2.40. The lowest BCUT2D eigenvalue weighted by atomic mass is 10.0. The monoisotopic (exact) mass is 323 g/mol. The Morgan fingerprint density at radius 2 is 1.96 bits per heavy atom. The van der Waals surface area contributed by atoms with Crippen molar-refractivity contribution in [2.45, 2.75) is 25.9 Å². The van der Waals surface area contributed by atoms with Crippen LogP contribution in [0, 0.1) is 0 Å². The molecule has 1 saturated heterocycles. The normalized spacial score (nSPS) is 21.3. The van der Waals surface area contributed by atoms with Gasteiger partial charge in [-0.2, -0.15) is 4.52 Å². The van der Waals surface area contributed by atoms with E-state index in [0.717, 1.165) is 49.0 Å². The predicted molar refractivity (Wildman–Crippen MR) is 93.1 cm³/mol. The van der Waals surface area contributed by atoms with Gasteiger partial charge in [0.15, 0.2) is 11.5 Å². The van der Waals surface area contributed by atoms with Crippen molar-refractivity contribution in [2.24, 2.45) is 0 Å². The van der Waals surface area contributed by atoms with Gasteiger partial charge in [-0.25, -0.2) is 0 Å². The van der Waals surface area contributed by atoms with E-state index in [1.807, 2.05) is 47.0 Å². The molecule has 6 heteroatoms. The van der Waals surface area contributed by atoms with Gasteiger partial charge in [0.05, 0.1) is 12.2 Å². The minimum absolute atomic E-state index is 0.121. The first-order chi connectivity index (χ1) is 11.7. The molecule has 0 amide bonds. The molecule has 1 fully saturated rings. The van der Waals surface area contributed by atoms with Crippen LogP contribution >= 0.6 is 0 Å². The minimum atomic E-state index is -0.121. The molecule has 1 unspecified atom stereocenters. The number of anilines is 1. The van der Waals surface area contributed by atoms with E-state index in [1.54, 1.807) is 0 Å². The molecule has 0 radical (unpaired) electrons.